The van der Waals surface area contributed by atoms with E-state index in [0.717, 1.165) is 5.69 Å². The number of aryl methyl sites for hydroxylation is 2. The second kappa shape index (κ2) is 7.36. The van der Waals surface area contributed by atoms with Gasteiger partial charge in [0.05, 0.1) is 11.5 Å². The van der Waals surface area contributed by atoms with Gasteiger partial charge in [-0.2, -0.15) is 10.2 Å². The van der Waals surface area contributed by atoms with E-state index in [2.05, 4.69) is 15.5 Å². The van der Waals surface area contributed by atoms with Gasteiger partial charge in [-0.1, -0.05) is 18.2 Å². The molecule has 0 saturated heterocycles. The molecule has 0 saturated carbocycles. The fourth-order valence-corrected chi connectivity index (χ4v) is 2.62. The van der Waals surface area contributed by atoms with Gasteiger partial charge in [0.2, 0.25) is 5.91 Å². The second-order valence-electron chi connectivity index (χ2n) is 6.02. The van der Waals surface area contributed by atoms with Gasteiger partial charge in [0.25, 0.3) is 0 Å². The van der Waals surface area contributed by atoms with Crippen molar-refractivity contribution in [3.8, 4) is 0 Å². The topological polar surface area (TPSA) is 108 Å². The largest absolute Gasteiger partial charge is 0.309 e. The van der Waals surface area contributed by atoms with Crippen molar-refractivity contribution in [2.24, 2.45) is 0 Å². The number of hydrogen-bond donors (Lipinski definition) is 1. The van der Waals surface area contributed by atoms with Crippen molar-refractivity contribution in [3.63, 3.8) is 0 Å². The number of hydrogen-bond acceptors (Lipinski definition) is 5. The fourth-order valence-electron chi connectivity index (χ4n) is 2.62. The molecule has 2 aromatic heterocycles. The summed E-state index contributed by atoms with van der Waals surface area (Å²) in [4.78, 5) is 22.4. The Morgan fingerprint density at radius 1 is 1.30 bits per heavy atom. The van der Waals surface area contributed by atoms with Crippen LogP contribution in [0.5, 0.6) is 0 Å². The van der Waals surface area contributed by atoms with Crippen LogP contribution in [-0.4, -0.2) is 30.4 Å². The highest BCUT2D eigenvalue weighted by molar-refractivity contribution is 5.89. The van der Waals surface area contributed by atoms with Crippen LogP contribution in [-0.2, 0) is 17.9 Å². The smallest absolute Gasteiger partial charge is 0.308 e. The van der Waals surface area contributed by atoms with Crippen molar-refractivity contribution in [2.45, 2.75) is 26.9 Å². The summed E-state index contributed by atoms with van der Waals surface area (Å²) in [5, 5.41) is 21.7. The van der Waals surface area contributed by atoms with Crippen LogP contribution in [0.2, 0.25) is 0 Å². The summed E-state index contributed by atoms with van der Waals surface area (Å²) in [5.41, 5.74) is 1.32. The maximum atomic E-state index is 13.8. The number of benzene rings is 1. The number of carbonyl (C=O) groups is 1. The van der Waals surface area contributed by atoms with E-state index in [0.29, 0.717) is 11.4 Å². The van der Waals surface area contributed by atoms with Crippen LogP contribution in [0.15, 0.2) is 36.5 Å². The van der Waals surface area contributed by atoms with Gasteiger partial charge in [0.1, 0.15) is 24.3 Å². The molecule has 0 bridgehead atoms. The summed E-state index contributed by atoms with van der Waals surface area (Å²) in [6.45, 7) is 3.34. The summed E-state index contributed by atoms with van der Waals surface area (Å²) in [7, 11) is 0. The lowest BCUT2D eigenvalue weighted by atomic mass is 10.2. The fraction of sp³-hybridized carbons (Fsp3) is 0.235. The maximum Gasteiger partial charge on any atom is 0.309 e. The first kappa shape index (κ1) is 18.2. The van der Waals surface area contributed by atoms with Crippen LogP contribution in [0, 0.1) is 29.8 Å². The Balaban J connectivity index is 1.67. The van der Waals surface area contributed by atoms with Crippen LogP contribution in [0.3, 0.4) is 0 Å². The van der Waals surface area contributed by atoms with Crippen molar-refractivity contribution in [3.05, 3.63) is 69.4 Å². The van der Waals surface area contributed by atoms with Gasteiger partial charge < -0.3 is 5.32 Å². The normalized spacial score (nSPS) is 10.8. The van der Waals surface area contributed by atoms with Gasteiger partial charge in [-0.25, -0.2) is 4.39 Å². The molecule has 1 amide bonds. The minimum absolute atomic E-state index is 0.146. The number of aromatic nitrogens is 4. The lowest BCUT2D eigenvalue weighted by Crippen LogP contribution is -2.19. The summed E-state index contributed by atoms with van der Waals surface area (Å²) in [5.74, 6) is -0.441. The summed E-state index contributed by atoms with van der Waals surface area (Å²) >= 11 is 0. The molecule has 9 nitrogen and oxygen atoms in total. The molecule has 0 aliphatic heterocycles. The third-order valence-electron chi connectivity index (χ3n) is 3.95. The van der Waals surface area contributed by atoms with Gasteiger partial charge in [0.15, 0.2) is 5.82 Å². The van der Waals surface area contributed by atoms with Gasteiger partial charge in [-0.3, -0.25) is 24.3 Å². The molecule has 0 fully saturated rings. The van der Waals surface area contributed by atoms with E-state index in [1.165, 1.54) is 23.9 Å². The summed E-state index contributed by atoms with van der Waals surface area (Å²) in [6.07, 6.45) is 1.21. The molecule has 3 aromatic rings. The zero-order valence-electron chi connectivity index (χ0n) is 14.7. The van der Waals surface area contributed by atoms with Crippen molar-refractivity contribution in [1.82, 2.24) is 19.6 Å². The molecule has 0 aliphatic rings. The van der Waals surface area contributed by atoms with Crippen LogP contribution in [0.25, 0.3) is 0 Å². The predicted octanol–water partition coefficient (Wildman–Crippen LogP) is 2.43. The Kier molecular flexibility index (Phi) is 4.97. The Morgan fingerprint density at radius 3 is 2.70 bits per heavy atom. The molecule has 10 heteroatoms. The highest BCUT2D eigenvalue weighted by Gasteiger charge is 2.17. The molecule has 140 valence electrons. The van der Waals surface area contributed by atoms with Crippen LogP contribution in [0.4, 0.5) is 15.9 Å². The van der Waals surface area contributed by atoms with Crippen molar-refractivity contribution < 1.29 is 14.1 Å². The highest BCUT2D eigenvalue weighted by Crippen LogP contribution is 2.16. The summed E-state index contributed by atoms with van der Waals surface area (Å²) < 4.78 is 16.6. The van der Waals surface area contributed by atoms with Crippen molar-refractivity contribution in [1.29, 1.82) is 0 Å². The molecule has 0 radical (unpaired) electrons. The molecular formula is C17H17FN6O3. The van der Waals surface area contributed by atoms with Gasteiger partial charge in [0, 0.05) is 17.3 Å². The Labute approximate surface area is 153 Å². The van der Waals surface area contributed by atoms with Crippen LogP contribution in [0.1, 0.15) is 17.0 Å². The minimum atomic E-state index is -0.551. The van der Waals surface area contributed by atoms with Gasteiger partial charge in [-0.15, -0.1) is 0 Å². The van der Waals surface area contributed by atoms with Crippen molar-refractivity contribution in [2.75, 3.05) is 5.32 Å². The lowest BCUT2D eigenvalue weighted by molar-refractivity contribution is -0.385. The van der Waals surface area contributed by atoms with Crippen molar-refractivity contribution >= 4 is 17.4 Å². The van der Waals surface area contributed by atoms with E-state index < -0.39 is 10.8 Å². The zero-order chi connectivity index (χ0) is 19.6. The SMILES string of the molecule is Cc1nn(CC(=O)Nc2cc(C)n(Cc3ccccc3F)n2)cc1[N+](=O)[O-]. The maximum absolute atomic E-state index is 13.8. The van der Waals surface area contributed by atoms with E-state index in [9.17, 15) is 19.3 Å². The summed E-state index contributed by atoms with van der Waals surface area (Å²) in [6, 6.07) is 8.06. The standard InChI is InChI=1S/C17H17FN6O3/c1-11-7-16(21-23(11)8-13-5-3-4-6-14(13)18)19-17(25)10-22-9-15(24(26)27)12(2)20-22/h3-7,9H,8,10H2,1-2H3,(H,19,21,25). The molecule has 0 spiro atoms. The average molecular weight is 372 g/mol. The Morgan fingerprint density at radius 2 is 2.04 bits per heavy atom. The Bertz CT molecular complexity index is 1010. The third kappa shape index (κ3) is 4.17. The monoisotopic (exact) mass is 372 g/mol. The predicted molar refractivity (Wildman–Crippen MR) is 94.7 cm³/mol. The third-order valence-corrected chi connectivity index (χ3v) is 3.95. The number of anilines is 1. The van der Waals surface area contributed by atoms with E-state index in [1.807, 2.05) is 0 Å². The van der Waals surface area contributed by atoms with Crippen LogP contribution < -0.4 is 5.32 Å². The number of carbonyl (C=O) groups excluding carboxylic acids is 1. The molecule has 3 rings (SSSR count). The molecular weight excluding hydrogens is 355 g/mol. The van der Waals surface area contributed by atoms with E-state index in [-0.39, 0.29) is 30.3 Å². The first-order valence-electron chi connectivity index (χ1n) is 8.09. The average Bonchev–Trinajstić information content (AvgIpc) is 3.12. The molecule has 0 aliphatic carbocycles. The number of nitrogens with zero attached hydrogens (tertiary/aromatic N) is 5. The Hall–Kier alpha value is -3.56. The number of amides is 1. The van der Waals surface area contributed by atoms with Gasteiger partial charge in [-0.05, 0) is 19.9 Å². The molecule has 1 N–H and O–H groups in total. The minimum Gasteiger partial charge on any atom is -0.308 e. The number of nitro groups is 1. The first-order valence-corrected chi connectivity index (χ1v) is 8.09. The van der Waals surface area contributed by atoms with Gasteiger partial charge >= 0.3 is 5.69 Å². The molecule has 2 heterocycles. The van der Waals surface area contributed by atoms with E-state index >= 15 is 0 Å². The first-order chi connectivity index (χ1) is 12.8. The van der Waals surface area contributed by atoms with E-state index in [1.54, 1.807) is 35.9 Å². The number of rotatable bonds is 6. The van der Waals surface area contributed by atoms with E-state index in [4.69, 9.17) is 0 Å². The number of nitrogens with one attached hydrogen (secondary N) is 1. The molecule has 0 unspecified atom stereocenters. The zero-order valence-corrected chi connectivity index (χ0v) is 14.7. The molecule has 1 aromatic carbocycles. The number of halogens is 1. The lowest BCUT2D eigenvalue weighted by Gasteiger charge is -2.05. The highest BCUT2D eigenvalue weighted by atomic mass is 19.1. The van der Waals surface area contributed by atoms with Crippen LogP contribution >= 0.6 is 0 Å². The molecule has 27 heavy (non-hydrogen) atoms. The molecule has 0 atom stereocenters. The second-order valence-corrected chi connectivity index (χ2v) is 6.02. The quantitative estimate of drug-likeness (QED) is 0.528.